The molecule has 1 aromatic carbocycles. The number of hydrogen-bond acceptors (Lipinski definition) is 3. The standard InChI is InChI=1S/C22H27N5O2/c1-6-14(2)26-15(3)16(4)27-18-19(23-21(26)27)24(5)22(29)25(20(18)28)13-12-17-10-8-7-9-11-17/h7-11,14H,6,12-13H2,1-5H3/t14-/m1/s1. The van der Waals surface area contributed by atoms with Crippen LogP contribution in [0, 0.1) is 13.8 Å². The number of nitrogens with zero attached hydrogens (tertiary/aromatic N) is 5. The first kappa shape index (κ1) is 19.2. The first-order valence-electron chi connectivity index (χ1n) is 10.1. The van der Waals surface area contributed by atoms with Gasteiger partial charge in [-0.3, -0.25) is 18.3 Å². The van der Waals surface area contributed by atoms with E-state index in [1.54, 1.807) is 7.05 Å². The highest BCUT2D eigenvalue weighted by Crippen LogP contribution is 2.25. The molecular formula is C22H27N5O2. The number of aryl methyl sites for hydroxylation is 3. The molecule has 1 atom stereocenters. The van der Waals surface area contributed by atoms with Gasteiger partial charge < -0.3 is 4.57 Å². The van der Waals surface area contributed by atoms with Gasteiger partial charge in [0.2, 0.25) is 5.78 Å². The fourth-order valence-corrected chi connectivity index (χ4v) is 4.07. The Hall–Kier alpha value is -3.09. The third-order valence-electron chi connectivity index (χ3n) is 6.06. The second kappa shape index (κ2) is 7.06. The molecule has 0 unspecified atom stereocenters. The van der Waals surface area contributed by atoms with Crippen molar-refractivity contribution in [1.82, 2.24) is 23.1 Å². The third-order valence-corrected chi connectivity index (χ3v) is 6.06. The van der Waals surface area contributed by atoms with Crippen molar-refractivity contribution >= 4 is 16.9 Å². The van der Waals surface area contributed by atoms with Crippen molar-refractivity contribution < 1.29 is 0 Å². The molecule has 0 aliphatic heterocycles. The molecule has 0 amide bonds. The van der Waals surface area contributed by atoms with E-state index in [4.69, 9.17) is 4.98 Å². The van der Waals surface area contributed by atoms with Gasteiger partial charge in [-0.1, -0.05) is 37.3 Å². The summed E-state index contributed by atoms with van der Waals surface area (Å²) in [4.78, 5) is 31.0. The molecular weight excluding hydrogens is 366 g/mol. The normalized spacial score (nSPS) is 12.9. The lowest BCUT2D eigenvalue weighted by Crippen LogP contribution is -2.39. The fourth-order valence-electron chi connectivity index (χ4n) is 4.07. The third kappa shape index (κ3) is 2.84. The molecule has 0 N–H and O–H groups in total. The zero-order valence-electron chi connectivity index (χ0n) is 17.6. The molecule has 0 aliphatic rings. The smallest absolute Gasteiger partial charge is 0.311 e. The van der Waals surface area contributed by atoms with Crippen LogP contribution in [0.1, 0.15) is 43.3 Å². The van der Waals surface area contributed by atoms with E-state index in [-0.39, 0.29) is 17.3 Å². The number of hydrogen-bond donors (Lipinski definition) is 0. The van der Waals surface area contributed by atoms with Crippen molar-refractivity contribution in [3.05, 3.63) is 68.1 Å². The maximum Gasteiger partial charge on any atom is 0.332 e. The van der Waals surface area contributed by atoms with Crippen LogP contribution in [0.5, 0.6) is 0 Å². The van der Waals surface area contributed by atoms with Crippen molar-refractivity contribution in [1.29, 1.82) is 0 Å². The van der Waals surface area contributed by atoms with Gasteiger partial charge in [0.25, 0.3) is 5.56 Å². The molecule has 7 heteroatoms. The van der Waals surface area contributed by atoms with E-state index in [9.17, 15) is 9.59 Å². The van der Waals surface area contributed by atoms with Crippen LogP contribution >= 0.6 is 0 Å². The Morgan fingerprint density at radius 2 is 1.76 bits per heavy atom. The van der Waals surface area contributed by atoms with Crippen LogP contribution in [0.25, 0.3) is 16.9 Å². The van der Waals surface area contributed by atoms with E-state index in [0.29, 0.717) is 24.1 Å². The summed E-state index contributed by atoms with van der Waals surface area (Å²) in [5, 5.41) is 0. The number of fused-ring (bicyclic) bond motifs is 3. The molecule has 3 aromatic heterocycles. The van der Waals surface area contributed by atoms with Gasteiger partial charge in [0.05, 0.1) is 0 Å². The summed E-state index contributed by atoms with van der Waals surface area (Å²) in [6, 6.07) is 10.1. The van der Waals surface area contributed by atoms with E-state index in [1.165, 1.54) is 9.13 Å². The highest BCUT2D eigenvalue weighted by atomic mass is 16.2. The molecule has 0 saturated heterocycles. The first-order valence-corrected chi connectivity index (χ1v) is 10.1. The Kier molecular flexibility index (Phi) is 4.68. The first-order chi connectivity index (χ1) is 13.9. The van der Waals surface area contributed by atoms with Gasteiger partial charge in [-0.05, 0) is 39.2 Å². The summed E-state index contributed by atoms with van der Waals surface area (Å²) in [6.45, 7) is 8.66. The van der Waals surface area contributed by atoms with Gasteiger partial charge in [-0.15, -0.1) is 0 Å². The Morgan fingerprint density at radius 1 is 1.07 bits per heavy atom. The van der Waals surface area contributed by atoms with Crippen LogP contribution in [0.2, 0.25) is 0 Å². The minimum Gasteiger partial charge on any atom is -0.311 e. The molecule has 0 aliphatic carbocycles. The summed E-state index contributed by atoms with van der Waals surface area (Å²) in [5.41, 5.74) is 3.46. The minimum absolute atomic E-state index is 0.250. The predicted molar refractivity (Wildman–Crippen MR) is 115 cm³/mol. The van der Waals surface area contributed by atoms with Gasteiger partial charge in [-0.25, -0.2) is 4.79 Å². The topological polar surface area (TPSA) is 66.2 Å². The fraction of sp³-hybridized carbons (Fsp3) is 0.409. The zero-order chi connectivity index (χ0) is 20.9. The van der Waals surface area contributed by atoms with Crippen molar-refractivity contribution in [2.24, 2.45) is 7.05 Å². The summed E-state index contributed by atoms with van der Waals surface area (Å²) >= 11 is 0. The lowest BCUT2D eigenvalue weighted by molar-refractivity contribution is 0.532. The molecule has 4 aromatic rings. The largest absolute Gasteiger partial charge is 0.332 e. The average Bonchev–Trinajstić information content (AvgIpc) is 3.22. The van der Waals surface area contributed by atoms with Crippen LogP contribution in [0.4, 0.5) is 0 Å². The maximum absolute atomic E-state index is 13.4. The molecule has 0 saturated carbocycles. The molecule has 0 fully saturated rings. The SMILES string of the molecule is CC[C@@H](C)n1c(C)c(C)n2c3c(=O)n(CCc4ccccc4)c(=O)n(C)c3nc12. The molecule has 4 rings (SSSR count). The van der Waals surface area contributed by atoms with Crippen LogP contribution < -0.4 is 11.2 Å². The minimum atomic E-state index is -0.330. The number of imidazole rings is 2. The molecule has 0 bridgehead atoms. The Labute approximate surface area is 168 Å². The van der Waals surface area contributed by atoms with E-state index in [0.717, 1.165) is 29.1 Å². The van der Waals surface area contributed by atoms with Crippen LogP contribution in [0.15, 0.2) is 39.9 Å². The summed E-state index contributed by atoms with van der Waals surface area (Å²) in [6.07, 6.45) is 1.57. The quantitative estimate of drug-likeness (QED) is 0.524. The van der Waals surface area contributed by atoms with Crippen molar-refractivity contribution in [3.8, 4) is 0 Å². The van der Waals surface area contributed by atoms with Gasteiger partial charge in [0, 0.05) is 31.0 Å². The average molecular weight is 393 g/mol. The van der Waals surface area contributed by atoms with E-state index >= 15 is 0 Å². The van der Waals surface area contributed by atoms with Crippen LogP contribution in [0.3, 0.4) is 0 Å². The number of benzene rings is 1. The Morgan fingerprint density at radius 3 is 2.41 bits per heavy atom. The summed E-state index contributed by atoms with van der Waals surface area (Å²) in [5.74, 6) is 0.720. The maximum atomic E-state index is 13.4. The van der Waals surface area contributed by atoms with Crippen LogP contribution in [-0.2, 0) is 20.0 Å². The molecule has 3 heterocycles. The molecule has 0 radical (unpaired) electrons. The van der Waals surface area contributed by atoms with E-state index in [1.807, 2.05) is 41.7 Å². The van der Waals surface area contributed by atoms with Gasteiger partial charge in [-0.2, -0.15) is 4.98 Å². The zero-order valence-corrected chi connectivity index (χ0v) is 17.6. The van der Waals surface area contributed by atoms with E-state index in [2.05, 4.69) is 25.3 Å². The molecule has 29 heavy (non-hydrogen) atoms. The van der Waals surface area contributed by atoms with E-state index < -0.39 is 0 Å². The second-order valence-electron chi connectivity index (χ2n) is 7.75. The Bertz CT molecular complexity index is 1320. The van der Waals surface area contributed by atoms with Gasteiger partial charge in [0.15, 0.2) is 11.2 Å². The number of rotatable bonds is 5. The van der Waals surface area contributed by atoms with Crippen molar-refractivity contribution in [3.63, 3.8) is 0 Å². The van der Waals surface area contributed by atoms with Gasteiger partial charge in [0.1, 0.15) is 0 Å². The van der Waals surface area contributed by atoms with Crippen LogP contribution in [-0.4, -0.2) is 23.1 Å². The molecule has 152 valence electrons. The predicted octanol–water partition coefficient (Wildman–Crippen LogP) is 2.98. The van der Waals surface area contributed by atoms with Gasteiger partial charge >= 0.3 is 5.69 Å². The highest BCUT2D eigenvalue weighted by Gasteiger charge is 2.23. The monoisotopic (exact) mass is 393 g/mol. The summed E-state index contributed by atoms with van der Waals surface area (Å²) < 4.78 is 6.90. The lowest BCUT2D eigenvalue weighted by atomic mass is 10.1. The van der Waals surface area contributed by atoms with Crippen molar-refractivity contribution in [2.75, 3.05) is 0 Å². The lowest BCUT2D eigenvalue weighted by Gasteiger charge is -2.13. The molecule has 7 nitrogen and oxygen atoms in total. The highest BCUT2D eigenvalue weighted by molar-refractivity contribution is 5.76. The Balaban J connectivity index is 1.97. The second-order valence-corrected chi connectivity index (χ2v) is 7.75. The molecule has 0 spiro atoms. The van der Waals surface area contributed by atoms with Crippen molar-refractivity contribution in [2.45, 2.75) is 53.1 Å². The summed E-state index contributed by atoms with van der Waals surface area (Å²) in [7, 11) is 1.69. The number of aromatic nitrogens is 5.